The Morgan fingerprint density at radius 3 is 2.58 bits per heavy atom. The van der Waals surface area contributed by atoms with Crippen LogP contribution in [0.3, 0.4) is 0 Å². The van der Waals surface area contributed by atoms with E-state index >= 15 is 0 Å². The highest BCUT2D eigenvalue weighted by atomic mass is 35.5. The van der Waals surface area contributed by atoms with E-state index in [4.69, 9.17) is 16.9 Å². The smallest absolute Gasteiger partial charge is 0.328 e. The summed E-state index contributed by atoms with van der Waals surface area (Å²) in [6.07, 6.45) is 0.895. The number of nitrogens with zero attached hydrogens (tertiary/aromatic N) is 1. The van der Waals surface area contributed by atoms with Crippen LogP contribution >= 0.6 is 11.8 Å². The van der Waals surface area contributed by atoms with Gasteiger partial charge in [0.05, 0.1) is 6.10 Å². The molecule has 0 aromatic rings. The highest BCUT2D eigenvalue weighted by molar-refractivity contribution is 6.16. The van der Waals surface area contributed by atoms with Crippen molar-refractivity contribution in [2.75, 3.05) is 0 Å². The fraction of sp³-hybridized carbons (Fsp3) is 0.857. The van der Waals surface area contributed by atoms with E-state index in [1.807, 2.05) is 0 Å². The first-order valence-corrected chi connectivity index (χ1v) is 4.29. The van der Waals surface area contributed by atoms with Crippen LogP contribution in [-0.4, -0.2) is 38.3 Å². The summed E-state index contributed by atoms with van der Waals surface area (Å²) in [5.74, 6) is -1.01. The molecule has 0 unspecified atom stereocenters. The molecule has 68 valence electrons. The van der Waals surface area contributed by atoms with E-state index in [1.165, 1.54) is 4.42 Å². The van der Waals surface area contributed by atoms with Gasteiger partial charge in [0.15, 0.2) is 5.54 Å². The Balaban J connectivity index is 2.38. The Morgan fingerprint density at radius 2 is 2.33 bits per heavy atom. The van der Waals surface area contributed by atoms with Crippen molar-refractivity contribution in [2.45, 2.75) is 36.9 Å². The molecule has 12 heavy (non-hydrogen) atoms. The molecule has 4 nitrogen and oxygen atoms in total. The fourth-order valence-electron chi connectivity index (χ4n) is 2.25. The molecule has 2 rings (SSSR count). The number of rotatable bonds is 1. The molecule has 2 N–H and O–H groups in total. The van der Waals surface area contributed by atoms with Crippen LogP contribution in [-0.2, 0) is 4.79 Å². The second-order valence-corrected chi connectivity index (χ2v) is 3.85. The SMILES string of the molecule is O=C(O)[C@@]12CC[C@@H](C[C@@H]1O)N2Cl. The third-order valence-corrected chi connectivity index (χ3v) is 3.56. The van der Waals surface area contributed by atoms with Gasteiger partial charge in [-0.25, -0.2) is 0 Å². The van der Waals surface area contributed by atoms with E-state index in [1.54, 1.807) is 0 Å². The van der Waals surface area contributed by atoms with Gasteiger partial charge in [-0.2, -0.15) is 4.42 Å². The minimum Gasteiger partial charge on any atom is -0.480 e. The Hall–Kier alpha value is -0.320. The molecule has 3 atom stereocenters. The number of carboxylic acids is 1. The molecular formula is C7H10ClNO3. The van der Waals surface area contributed by atoms with E-state index in [0.29, 0.717) is 12.8 Å². The van der Waals surface area contributed by atoms with Crippen LogP contribution in [0.5, 0.6) is 0 Å². The largest absolute Gasteiger partial charge is 0.480 e. The minimum atomic E-state index is -1.20. The van der Waals surface area contributed by atoms with Gasteiger partial charge in [-0.1, -0.05) is 0 Å². The summed E-state index contributed by atoms with van der Waals surface area (Å²) in [5, 5.41) is 18.4. The number of fused-ring (bicyclic) bond motifs is 2. The summed E-state index contributed by atoms with van der Waals surface area (Å²) in [7, 11) is 0. The van der Waals surface area contributed by atoms with Gasteiger partial charge in [-0.15, -0.1) is 0 Å². The molecular weight excluding hydrogens is 182 g/mol. The molecule has 0 amide bonds. The van der Waals surface area contributed by atoms with Crippen molar-refractivity contribution in [1.29, 1.82) is 0 Å². The zero-order valence-corrected chi connectivity index (χ0v) is 7.16. The number of aliphatic hydroxyl groups is 1. The van der Waals surface area contributed by atoms with Crippen LogP contribution in [0, 0.1) is 0 Å². The van der Waals surface area contributed by atoms with Crippen molar-refractivity contribution in [3.05, 3.63) is 0 Å². The van der Waals surface area contributed by atoms with Crippen molar-refractivity contribution in [2.24, 2.45) is 0 Å². The van der Waals surface area contributed by atoms with Gasteiger partial charge in [-0.3, -0.25) is 4.79 Å². The summed E-state index contributed by atoms with van der Waals surface area (Å²) in [5.41, 5.74) is -1.20. The van der Waals surface area contributed by atoms with Crippen molar-refractivity contribution in [1.82, 2.24) is 4.42 Å². The van der Waals surface area contributed by atoms with Gasteiger partial charge < -0.3 is 10.2 Å². The van der Waals surface area contributed by atoms with E-state index in [-0.39, 0.29) is 6.04 Å². The van der Waals surface area contributed by atoms with Gasteiger partial charge in [0.25, 0.3) is 0 Å². The molecule has 0 spiro atoms. The van der Waals surface area contributed by atoms with E-state index < -0.39 is 17.6 Å². The molecule has 2 heterocycles. The van der Waals surface area contributed by atoms with Gasteiger partial charge >= 0.3 is 5.97 Å². The van der Waals surface area contributed by atoms with Crippen LogP contribution in [0.15, 0.2) is 0 Å². The van der Waals surface area contributed by atoms with E-state index in [0.717, 1.165) is 6.42 Å². The maximum atomic E-state index is 10.9. The molecule has 5 heteroatoms. The van der Waals surface area contributed by atoms with Crippen LogP contribution in [0.1, 0.15) is 19.3 Å². The zero-order chi connectivity index (χ0) is 8.93. The number of aliphatic hydroxyl groups excluding tert-OH is 1. The number of carboxylic acid groups (broad SMARTS) is 1. The summed E-state index contributed by atoms with van der Waals surface area (Å²) < 4.78 is 1.29. The fourth-order valence-corrected chi connectivity index (χ4v) is 2.69. The lowest BCUT2D eigenvalue weighted by Crippen LogP contribution is -2.51. The van der Waals surface area contributed by atoms with Crippen molar-refractivity contribution in [3.63, 3.8) is 0 Å². The quantitative estimate of drug-likeness (QED) is 0.581. The Morgan fingerprint density at radius 1 is 1.67 bits per heavy atom. The monoisotopic (exact) mass is 191 g/mol. The molecule has 2 bridgehead atoms. The average molecular weight is 192 g/mol. The molecule has 0 aliphatic carbocycles. The summed E-state index contributed by atoms with van der Waals surface area (Å²) in [6, 6.07) is 0.0396. The van der Waals surface area contributed by atoms with Gasteiger partial charge in [0.2, 0.25) is 0 Å². The van der Waals surface area contributed by atoms with E-state index in [2.05, 4.69) is 0 Å². The highest BCUT2D eigenvalue weighted by Gasteiger charge is 2.62. The summed E-state index contributed by atoms with van der Waals surface area (Å²) in [6.45, 7) is 0. The molecule has 0 radical (unpaired) electrons. The minimum absolute atomic E-state index is 0.0396. The predicted molar refractivity (Wildman–Crippen MR) is 41.7 cm³/mol. The Kier molecular flexibility index (Phi) is 1.62. The van der Waals surface area contributed by atoms with Crippen LogP contribution in [0.25, 0.3) is 0 Å². The van der Waals surface area contributed by atoms with Gasteiger partial charge in [-0.05, 0) is 31.0 Å². The zero-order valence-electron chi connectivity index (χ0n) is 6.40. The molecule has 2 aliphatic heterocycles. The molecule has 0 aromatic heterocycles. The van der Waals surface area contributed by atoms with Crippen molar-refractivity contribution in [3.8, 4) is 0 Å². The third-order valence-electron chi connectivity index (χ3n) is 2.98. The lowest BCUT2D eigenvalue weighted by molar-refractivity contribution is -0.151. The van der Waals surface area contributed by atoms with Crippen molar-refractivity contribution >= 4 is 17.7 Å². The number of carbonyl (C=O) groups is 1. The lowest BCUT2D eigenvalue weighted by Gasteiger charge is -2.28. The second-order valence-electron chi connectivity index (χ2n) is 3.48. The van der Waals surface area contributed by atoms with Gasteiger partial charge in [0, 0.05) is 6.04 Å². The van der Waals surface area contributed by atoms with Crippen molar-refractivity contribution < 1.29 is 15.0 Å². The maximum Gasteiger partial charge on any atom is 0.328 e. The summed E-state index contributed by atoms with van der Waals surface area (Å²) in [4.78, 5) is 10.9. The van der Waals surface area contributed by atoms with E-state index in [9.17, 15) is 9.90 Å². The maximum absolute atomic E-state index is 10.9. The molecule has 2 saturated heterocycles. The molecule has 2 aliphatic rings. The average Bonchev–Trinajstić information content (AvgIpc) is 2.42. The third kappa shape index (κ3) is 0.727. The lowest BCUT2D eigenvalue weighted by atomic mass is 9.85. The van der Waals surface area contributed by atoms with Crippen LogP contribution in [0.4, 0.5) is 0 Å². The molecule has 2 fully saturated rings. The standard InChI is InChI=1S/C7H10ClNO3/c8-9-4-1-2-7(9,6(11)12)5(10)3-4/h4-5,10H,1-3H2,(H,11,12)/t4-,5-,7+/m0/s1. The topological polar surface area (TPSA) is 60.8 Å². The number of hydrogen-bond acceptors (Lipinski definition) is 3. The first kappa shape index (κ1) is 8.29. The number of hydrogen-bond donors (Lipinski definition) is 2. The highest BCUT2D eigenvalue weighted by Crippen LogP contribution is 2.47. The van der Waals surface area contributed by atoms with Crippen LogP contribution < -0.4 is 0 Å². The first-order chi connectivity index (χ1) is 5.59. The number of aliphatic carboxylic acids is 1. The van der Waals surface area contributed by atoms with Crippen LogP contribution in [0.2, 0.25) is 0 Å². The molecule has 0 aromatic carbocycles. The first-order valence-electron chi connectivity index (χ1n) is 3.95. The predicted octanol–water partition coefficient (Wildman–Crippen LogP) is 0.193. The normalized spacial score (nSPS) is 46.8. The number of halogens is 1. The molecule has 0 saturated carbocycles. The Labute approximate surface area is 74.8 Å². The Bertz CT molecular complexity index is 235. The second kappa shape index (κ2) is 2.34. The van der Waals surface area contributed by atoms with Gasteiger partial charge in [0.1, 0.15) is 0 Å². The summed E-state index contributed by atoms with van der Waals surface area (Å²) >= 11 is 5.81.